The molecule has 0 saturated heterocycles. The quantitative estimate of drug-likeness (QED) is 0.797. The molecule has 0 radical (unpaired) electrons. The van der Waals surface area contributed by atoms with Gasteiger partial charge in [-0.25, -0.2) is 0 Å². The number of aryl methyl sites for hydroxylation is 1. The third kappa shape index (κ3) is 3.09. The van der Waals surface area contributed by atoms with Crippen molar-refractivity contribution in [2.24, 2.45) is 0 Å². The van der Waals surface area contributed by atoms with Crippen molar-refractivity contribution in [3.63, 3.8) is 0 Å². The first kappa shape index (κ1) is 12.6. The Balaban J connectivity index is 1.89. The van der Waals surface area contributed by atoms with E-state index in [-0.39, 0.29) is 16.9 Å². The summed E-state index contributed by atoms with van der Waals surface area (Å²) in [5.74, 6) is -0.296. The lowest BCUT2D eigenvalue weighted by atomic mass is 10.1. The average Bonchev–Trinajstić information content (AvgIpc) is 2.81. The van der Waals surface area contributed by atoms with Gasteiger partial charge in [0.15, 0.2) is 5.43 Å². The molecular formula is C14H18N2O2. The zero-order valence-electron chi connectivity index (χ0n) is 10.6. The molecule has 4 nitrogen and oxygen atoms in total. The largest absolute Gasteiger partial charge is 0.364 e. The number of H-pyrrole nitrogens is 1. The van der Waals surface area contributed by atoms with Crippen molar-refractivity contribution in [3.05, 3.63) is 45.4 Å². The predicted molar refractivity (Wildman–Crippen MR) is 70.7 cm³/mol. The van der Waals surface area contributed by atoms with E-state index < -0.39 is 0 Å². The van der Waals surface area contributed by atoms with E-state index in [4.69, 9.17) is 0 Å². The Morgan fingerprint density at radius 3 is 3.00 bits per heavy atom. The number of amides is 1. The number of aromatic amines is 1. The van der Waals surface area contributed by atoms with Gasteiger partial charge in [0.25, 0.3) is 5.91 Å². The molecule has 0 atom stereocenters. The standard InChI is InChI=1S/C14H18N2O2/c1-10-8-13(17)12(9-16-10)14(18)15-7-6-11-4-2-3-5-11/h4,8-9H,2-3,5-7H2,1H3,(H,15,18)(H,16,17). The van der Waals surface area contributed by atoms with E-state index in [1.54, 1.807) is 6.92 Å². The number of carbonyl (C=O) groups is 1. The molecule has 18 heavy (non-hydrogen) atoms. The summed E-state index contributed by atoms with van der Waals surface area (Å²) < 4.78 is 0. The number of nitrogens with one attached hydrogen (secondary N) is 2. The van der Waals surface area contributed by atoms with Crippen LogP contribution in [-0.4, -0.2) is 17.4 Å². The van der Waals surface area contributed by atoms with Gasteiger partial charge >= 0.3 is 0 Å². The van der Waals surface area contributed by atoms with E-state index in [0.717, 1.165) is 25.0 Å². The minimum Gasteiger partial charge on any atom is -0.364 e. The van der Waals surface area contributed by atoms with Crippen LogP contribution in [0.3, 0.4) is 0 Å². The Morgan fingerprint density at radius 2 is 2.33 bits per heavy atom. The maximum atomic E-state index is 11.8. The van der Waals surface area contributed by atoms with Crippen molar-refractivity contribution in [1.82, 2.24) is 10.3 Å². The van der Waals surface area contributed by atoms with Gasteiger partial charge in [-0.3, -0.25) is 9.59 Å². The average molecular weight is 246 g/mol. The Hall–Kier alpha value is -1.84. The lowest BCUT2D eigenvalue weighted by Crippen LogP contribution is -2.29. The lowest BCUT2D eigenvalue weighted by molar-refractivity contribution is 0.0952. The van der Waals surface area contributed by atoms with Crippen LogP contribution < -0.4 is 10.7 Å². The fraction of sp³-hybridized carbons (Fsp3) is 0.429. The summed E-state index contributed by atoms with van der Waals surface area (Å²) in [5.41, 5.74) is 2.12. The van der Waals surface area contributed by atoms with Gasteiger partial charge in [0.1, 0.15) is 5.56 Å². The van der Waals surface area contributed by atoms with E-state index in [2.05, 4.69) is 16.4 Å². The number of pyridine rings is 1. The second kappa shape index (κ2) is 5.67. The minimum atomic E-state index is -0.296. The molecule has 1 aliphatic rings. The van der Waals surface area contributed by atoms with Crippen molar-refractivity contribution in [2.45, 2.75) is 32.6 Å². The van der Waals surface area contributed by atoms with Crippen molar-refractivity contribution >= 4 is 5.91 Å². The molecule has 1 aromatic heterocycles. The molecule has 4 heteroatoms. The Labute approximate surface area is 106 Å². The van der Waals surface area contributed by atoms with Crippen LogP contribution in [0.5, 0.6) is 0 Å². The molecule has 2 rings (SSSR count). The Bertz CT molecular complexity index is 529. The zero-order chi connectivity index (χ0) is 13.0. The number of rotatable bonds is 4. The van der Waals surface area contributed by atoms with Gasteiger partial charge in [-0.05, 0) is 32.6 Å². The monoisotopic (exact) mass is 246 g/mol. The van der Waals surface area contributed by atoms with Crippen LogP contribution in [0.25, 0.3) is 0 Å². The second-order valence-electron chi connectivity index (χ2n) is 4.65. The molecule has 2 N–H and O–H groups in total. The normalized spacial score (nSPS) is 14.4. The molecule has 1 aliphatic carbocycles. The molecule has 96 valence electrons. The van der Waals surface area contributed by atoms with E-state index >= 15 is 0 Å². The molecule has 0 fully saturated rings. The summed E-state index contributed by atoms with van der Waals surface area (Å²) in [7, 11) is 0. The lowest BCUT2D eigenvalue weighted by Gasteiger charge is -2.05. The smallest absolute Gasteiger partial charge is 0.256 e. The fourth-order valence-corrected chi connectivity index (χ4v) is 2.15. The first-order valence-corrected chi connectivity index (χ1v) is 6.32. The summed E-state index contributed by atoms with van der Waals surface area (Å²) in [5, 5.41) is 2.79. The van der Waals surface area contributed by atoms with Gasteiger partial charge in [0.2, 0.25) is 0 Å². The molecule has 0 aliphatic heterocycles. The van der Waals surface area contributed by atoms with Gasteiger partial charge < -0.3 is 10.3 Å². The Morgan fingerprint density at radius 1 is 1.50 bits per heavy atom. The fourth-order valence-electron chi connectivity index (χ4n) is 2.15. The molecule has 1 amide bonds. The van der Waals surface area contributed by atoms with E-state index in [9.17, 15) is 9.59 Å². The highest BCUT2D eigenvalue weighted by atomic mass is 16.2. The highest BCUT2D eigenvalue weighted by Gasteiger charge is 2.10. The summed E-state index contributed by atoms with van der Waals surface area (Å²) in [6.07, 6.45) is 8.12. The van der Waals surface area contributed by atoms with E-state index in [1.165, 1.54) is 24.3 Å². The zero-order valence-corrected chi connectivity index (χ0v) is 10.6. The SMILES string of the molecule is Cc1cc(=O)c(C(=O)NCCC2=CCCC2)c[nH]1. The first-order valence-electron chi connectivity index (χ1n) is 6.32. The minimum absolute atomic E-state index is 0.181. The van der Waals surface area contributed by atoms with Crippen LogP contribution in [0.15, 0.2) is 28.7 Å². The number of allylic oxidation sites excluding steroid dienone is 1. The van der Waals surface area contributed by atoms with Crippen molar-refractivity contribution in [3.8, 4) is 0 Å². The van der Waals surface area contributed by atoms with Crippen LogP contribution in [-0.2, 0) is 0 Å². The van der Waals surface area contributed by atoms with Crippen molar-refractivity contribution in [2.75, 3.05) is 6.54 Å². The van der Waals surface area contributed by atoms with Gasteiger partial charge in [-0.2, -0.15) is 0 Å². The van der Waals surface area contributed by atoms with Gasteiger partial charge in [0, 0.05) is 24.5 Å². The number of aromatic nitrogens is 1. The molecule has 0 saturated carbocycles. The van der Waals surface area contributed by atoms with Crippen LogP contribution in [0.2, 0.25) is 0 Å². The molecule has 0 spiro atoms. The van der Waals surface area contributed by atoms with E-state index in [1.807, 2.05) is 0 Å². The Kier molecular flexibility index (Phi) is 3.97. The second-order valence-corrected chi connectivity index (χ2v) is 4.65. The van der Waals surface area contributed by atoms with Crippen LogP contribution in [0.4, 0.5) is 0 Å². The molecule has 1 heterocycles. The third-order valence-corrected chi connectivity index (χ3v) is 3.17. The van der Waals surface area contributed by atoms with Crippen LogP contribution in [0.1, 0.15) is 41.7 Å². The molecular weight excluding hydrogens is 228 g/mol. The molecule has 1 aromatic rings. The summed E-state index contributed by atoms with van der Waals surface area (Å²) in [4.78, 5) is 26.3. The summed E-state index contributed by atoms with van der Waals surface area (Å²) >= 11 is 0. The third-order valence-electron chi connectivity index (χ3n) is 3.17. The maximum absolute atomic E-state index is 11.8. The van der Waals surface area contributed by atoms with Crippen LogP contribution >= 0.6 is 0 Å². The molecule has 0 aromatic carbocycles. The highest BCUT2D eigenvalue weighted by Crippen LogP contribution is 2.19. The summed E-state index contributed by atoms with van der Waals surface area (Å²) in [6, 6.07) is 1.44. The van der Waals surface area contributed by atoms with E-state index in [0.29, 0.717) is 6.54 Å². The van der Waals surface area contributed by atoms with Crippen LogP contribution in [0, 0.1) is 6.92 Å². The predicted octanol–water partition coefficient (Wildman–Crippen LogP) is 1.91. The number of hydrogen-bond donors (Lipinski definition) is 2. The molecule has 0 bridgehead atoms. The molecule has 0 unspecified atom stereocenters. The first-order chi connectivity index (χ1) is 8.66. The number of carbonyl (C=O) groups excluding carboxylic acids is 1. The topological polar surface area (TPSA) is 62.0 Å². The number of hydrogen-bond acceptors (Lipinski definition) is 2. The maximum Gasteiger partial charge on any atom is 0.256 e. The van der Waals surface area contributed by atoms with Gasteiger partial charge in [0.05, 0.1) is 0 Å². The van der Waals surface area contributed by atoms with Crippen molar-refractivity contribution in [1.29, 1.82) is 0 Å². The van der Waals surface area contributed by atoms with Gasteiger partial charge in [-0.1, -0.05) is 11.6 Å². The summed E-state index contributed by atoms with van der Waals surface area (Å²) in [6.45, 7) is 2.38. The highest BCUT2D eigenvalue weighted by molar-refractivity contribution is 5.93. The van der Waals surface area contributed by atoms with Crippen molar-refractivity contribution < 1.29 is 4.79 Å². The van der Waals surface area contributed by atoms with Gasteiger partial charge in [-0.15, -0.1) is 0 Å².